The predicted octanol–water partition coefficient (Wildman–Crippen LogP) is 1.64. The van der Waals surface area contributed by atoms with Gasteiger partial charge in [0.15, 0.2) is 6.61 Å². The zero-order valence-corrected chi connectivity index (χ0v) is 12.7. The summed E-state index contributed by atoms with van der Waals surface area (Å²) in [6.45, 7) is 2.94. The number of rotatable bonds is 9. The minimum Gasteiger partial charge on any atom is -0.483 e. The minimum atomic E-state index is -0.330. The van der Waals surface area contributed by atoms with Gasteiger partial charge in [0.05, 0.1) is 0 Å². The van der Waals surface area contributed by atoms with Crippen molar-refractivity contribution in [3.8, 4) is 5.75 Å². The minimum absolute atomic E-state index is 0.0690. The number of benzene rings is 1. The summed E-state index contributed by atoms with van der Waals surface area (Å²) in [5.41, 5.74) is 0.685. The number of carbonyl (C=O) groups is 1. The monoisotopic (exact) mass is 298 g/mol. The van der Waals surface area contributed by atoms with Gasteiger partial charge in [-0.05, 0) is 38.6 Å². The Morgan fingerprint density at radius 1 is 1.43 bits per heavy atom. The number of methoxy groups -OCH3 is 1. The molecule has 1 atom stereocenters. The molecular weight excluding hydrogens is 275 g/mol. The van der Waals surface area contributed by atoms with Crippen LogP contribution in [0.5, 0.6) is 5.75 Å². The SMILES string of the molecule is CNC(C)c1cc(F)ccc1OCC(=O)NCCCOC. The van der Waals surface area contributed by atoms with Crippen LogP contribution in [0.15, 0.2) is 18.2 Å². The van der Waals surface area contributed by atoms with Crippen molar-refractivity contribution in [3.05, 3.63) is 29.6 Å². The second-order valence-electron chi connectivity index (χ2n) is 4.68. The second-order valence-corrected chi connectivity index (χ2v) is 4.68. The summed E-state index contributed by atoms with van der Waals surface area (Å²) in [7, 11) is 3.39. The molecule has 2 N–H and O–H groups in total. The second kappa shape index (κ2) is 9.31. The lowest BCUT2D eigenvalue weighted by atomic mass is 10.1. The highest BCUT2D eigenvalue weighted by Gasteiger charge is 2.12. The molecule has 0 spiro atoms. The zero-order valence-electron chi connectivity index (χ0n) is 12.7. The fraction of sp³-hybridized carbons (Fsp3) is 0.533. The van der Waals surface area contributed by atoms with Gasteiger partial charge >= 0.3 is 0 Å². The highest BCUT2D eigenvalue weighted by atomic mass is 19.1. The highest BCUT2D eigenvalue weighted by Crippen LogP contribution is 2.25. The molecule has 0 aliphatic carbocycles. The molecule has 118 valence electrons. The molecule has 6 heteroatoms. The first-order chi connectivity index (χ1) is 10.1. The number of ether oxygens (including phenoxy) is 2. The van der Waals surface area contributed by atoms with Crippen molar-refractivity contribution < 1.29 is 18.7 Å². The van der Waals surface area contributed by atoms with E-state index in [1.54, 1.807) is 14.2 Å². The normalized spacial score (nSPS) is 12.0. The third-order valence-electron chi connectivity index (χ3n) is 3.08. The average molecular weight is 298 g/mol. The van der Waals surface area contributed by atoms with Crippen LogP contribution < -0.4 is 15.4 Å². The lowest BCUT2D eigenvalue weighted by molar-refractivity contribution is -0.123. The zero-order chi connectivity index (χ0) is 15.7. The number of hydrogen-bond acceptors (Lipinski definition) is 4. The third kappa shape index (κ3) is 6.10. The Morgan fingerprint density at radius 3 is 2.86 bits per heavy atom. The summed E-state index contributed by atoms with van der Waals surface area (Å²) in [6.07, 6.45) is 0.751. The van der Waals surface area contributed by atoms with Gasteiger partial charge in [0, 0.05) is 31.9 Å². The van der Waals surface area contributed by atoms with E-state index in [1.807, 2.05) is 6.92 Å². The van der Waals surface area contributed by atoms with Crippen LogP contribution in [0.4, 0.5) is 4.39 Å². The molecule has 0 fully saturated rings. The first kappa shape index (κ1) is 17.4. The summed E-state index contributed by atoms with van der Waals surface area (Å²) in [5.74, 6) is -0.0350. The lowest BCUT2D eigenvalue weighted by Crippen LogP contribution is -2.30. The van der Waals surface area contributed by atoms with Gasteiger partial charge in [-0.25, -0.2) is 4.39 Å². The van der Waals surface area contributed by atoms with Gasteiger partial charge in [-0.1, -0.05) is 0 Å². The quantitative estimate of drug-likeness (QED) is 0.680. The summed E-state index contributed by atoms with van der Waals surface area (Å²) >= 11 is 0. The Kier molecular flexibility index (Phi) is 7.71. The average Bonchev–Trinajstić information content (AvgIpc) is 2.49. The van der Waals surface area contributed by atoms with Gasteiger partial charge in [0.1, 0.15) is 11.6 Å². The molecule has 1 aromatic rings. The predicted molar refractivity (Wildman–Crippen MR) is 78.9 cm³/mol. The Hall–Kier alpha value is -1.66. The van der Waals surface area contributed by atoms with Gasteiger partial charge in [-0.2, -0.15) is 0 Å². The van der Waals surface area contributed by atoms with Crippen molar-refractivity contribution in [3.63, 3.8) is 0 Å². The molecule has 0 aliphatic heterocycles. The molecule has 1 rings (SSSR count). The van der Waals surface area contributed by atoms with Gasteiger partial charge in [-0.15, -0.1) is 0 Å². The molecule has 0 bridgehead atoms. The first-order valence-corrected chi connectivity index (χ1v) is 6.93. The topological polar surface area (TPSA) is 59.6 Å². The number of amides is 1. The summed E-state index contributed by atoms with van der Waals surface area (Å²) in [5, 5.41) is 5.75. The van der Waals surface area contributed by atoms with Crippen molar-refractivity contribution in [2.75, 3.05) is 33.9 Å². The maximum absolute atomic E-state index is 13.3. The van der Waals surface area contributed by atoms with E-state index in [0.717, 1.165) is 6.42 Å². The van der Waals surface area contributed by atoms with Crippen LogP contribution in [0.3, 0.4) is 0 Å². The first-order valence-electron chi connectivity index (χ1n) is 6.93. The van der Waals surface area contributed by atoms with E-state index < -0.39 is 0 Å². The lowest BCUT2D eigenvalue weighted by Gasteiger charge is -2.16. The maximum Gasteiger partial charge on any atom is 0.257 e. The smallest absolute Gasteiger partial charge is 0.257 e. The van der Waals surface area contributed by atoms with E-state index in [1.165, 1.54) is 18.2 Å². The van der Waals surface area contributed by atoms with Crippen LogP contribution >= 0.6 is 0 Å². The van der Waals surface area contributed by atoms with E-state index in [-0.39, 0.29) is 24.4 Å². The molecule has 21 heavy (non-hydrogen) atoms. The molecule has 1 aromatic carbocycles. The molecule has 1 amide bonds. The standard InChI is InChI=1S/C15H23FN2O3/c1-11(17-2)13-9-12(16)5-6-14(13)21-10-15(19)18-7-4-8-20-3/h5-6,9,11,17H,4,7-8,10H2,1-3H3,(H,18,19). The third-order valence-corrected chi connectivity index (χ3v) is 3.08. The van der Waals surface area contributed by atoms with Crippen LogP contribution in [0.25, 0.3) is 0 Å². The van der Waals surface area contributed by atoms with E-state index in [0.29, 0.717) is 24.5 Å². The number of carbonyl (C=O) groups excluding carboxylic acids is 1. The number of halogens is 1. The van der Waals surface area contributed by atoms with Crippen LogP contribution in [-0.2, 0) is 9.53 Å². The van der Waals surface area contributed by atoms with Gasteiger partial charge < -0.3 is 20.1 Å². The van der Waals surface area contributed by atoms with Crippen LogP contribution in [0, 0.1) is 5.82 Å². The molecule has 0 saturated heterocycles. The van der Waals surface area contributed by atoms with E-state index >= 15 is 0 Å². The molecule has 5 nitrogen and oxygen atoms in total. The number of hydrogen-bond donors (Lipinski definition) is 2. The summed E-state index contributed by atoms with van der Waals surface area (Å²) in [4.78, 5) is 11.6. The summed E-state index contributed by atoms with van der Waals surface area (Å²) in [6, 6.07) is 4.20. The fourth-order valence-corrected chi connectivity index (χ4v) is 1.78. The van der Waals surface area contributed by atoms with E-state index in [2.05, 4.69) is 10.6 Å². The van der Waals surface area contributed by atoms with Crippen molar-refractivity contribution in [2.24, 2.45) is 0 Å². The van der Waals surface area contributed by atoms with Crippen LogP contribution in [0.1, 0.15) is 24.9 Å². The molecule has 0 saturated carbocycles. The van der Waals surface area contributed by atoms with Crippen molar-refractivity contribution in [2.45, 2.75) is 19.4 Å². The van der Waals surface area contributed by atoms with Crippen molar-refractivity contribution in [1.82, 2.24) is 10.6 Å². The maximum atomic E-state index is 13.3. The molecule has 0 aliphatic rings. The highest BCUT2D eigenvalue weighted by molar-refractivity contribution is 5.77. The van der Waals surface area contributed by atoms with E-state index in [9.17, 15) is 9.18 Å². The van der Waals surface area contributed by atoms with Crippen LogP contribution in [-0.4, -0.2) is 39.8 Å². The molecule has 0 radical (unpaired) electrons. The largest absolute Gasteiger partial charge is 0.483 e. The van der Waals surface area contributed by atoms with Crippen molar-refractivity contribution in [1.29, 1.82) is 0 Å². The molecule has 0 heterocycles. The fourth-order valence-electron chi connectivity index (χ4n) is 1.78. The van der Waals surface area contributed by atoms with Gasteiger partial charge in [0.25, 0.3) is 5.91 Å². The Labute approximate surface area is 124 Å². The van der Waals surface area contributed by atoms with Crippen molar-refractivity contribution >= 4 is 5.91 Å². The van der Waals surface area contributed by atoms with Gasteiger partial charge in [-0.3, -0.25) is 4.79 Å². The van der Waals surface area contributed by atoms with Crippen LogP contribution in [0.2, 0.25) is 0 Å². The Morgan fingerprint density at radius 2 is 2.19 bits per heavy atom. The Balaban J connectivity index is 2.52. The molecule has 1 unspecified atom stereocenters. The summed E-state index contributed by atoms with van der Waals surface area (Å²) < 4.78 is 23.7. The van der Waals surface area contributed by atoms with Gasteiger partial charge in [0.2, 0.25) is 0 Å². The number of nitrogens with one attached hydrogen (secondary N) is 2. The molecule has 0 aromatic heterocycles. The molecular formula is C15H23FN2O3. The van der Waals surface area contributed by atoms with E-state index in [4.69, 9.17) is 9.47 Å². The Bertz CT molecular complexity index is 455.